The highest BCUT2D eigenvalue weighted by Gasteiger charge is 2.19. The molecule has 16 heavy (non-hydrogen) atoms. The van der Waals surface area contributed by atoms with Gasteiger partial charge >= 0.3 is 5.97 Å². The lowest BCUT2D eigenvalue weighted by Crippen LogP contribution is -2.26. The molecule has 0 spiro atoms. The van der Waals surface area contributed by atoms with Gasteiger partial charge in [-0.3, -0.25) is 14.9 Å². The van der Waals surface area contributed by atoms with Crippen LogP contribution >= 0.6 is 0 Å². The minimum absolute atomic E-state index is 0.117. The minimum Gasteiger partial charge on any atom is -0.480 e. The fraction of sp³-hybridized carbons (Fsp3) is 0.300. The number of benzene rings is 1. The Morgan fingerprint density at radius 3 is 2.69 bits per heavy atom. The maximum atomic E-state index is 10.7. The summed E-state index contributed by atoms with van der Waals surface area (Å²) in [6.45, 7) is 3.11. The molecule has 6 nitrogen and oxygen atoms in total. The number of anilines is 1. The van der Waals surface area contributed by atoms with Crippen molar-refractivity contribution >= 4 is 17.3 Å². The van der Waals surface area contributed by atoms with Crippen LogP contribution in [0.4, 0.5) is 11.4 Å². The van der Waals surface area contributed by atoms with Crippen LogP contribution in [0.5, 0.6) is 0 Å². The van der Waals surface area contributed by atoms with Crippen molar-refractivity contribution in [3.63, 3.8) is 0 Å². The maximum Gasteiger partial charge on any atom is 0.325 e. The van der Waals surface area contributed by atoms with Crippen LogP contribution in [-0.2, 0) is 4.79 Å². The van der Waals surface area contributed by atoms with E-state index >= 15 is 0 Å². The molecule has 0 aliphatic heterocycles. The molecule has 1 atom stereocenters. The van der Waals surface area contributed by atoms with Crippen LogP contribution in [0.15, 0.2) is 18.2 Å². The number of para-hydroxylation sites is 1. The number of rotatable bonds is 4. The molecule has 6 heteroatoms. The monoisotopic (exact) mass is 224 g/mol. The van der Waals surface area contributed by atoms with Crippen molar-refractivity contribution < 1.29 is 14.8 Å². The van der Waals surface area contributed by atoms with Crippen LogP contribution < -0.4 is 5.32 Å². The Hall–Kier alpha value is -2.11. The van der Waals surface area contributed by atoms with Gasteiger partial charge in [0.2, 0.25) is 0 Å². The van der Waals surface area contributed by atoms with Gasteiger partial charge in [-0.05, 0) is 19.4 Å². The fourth-order valence-electron chi connectivity index (χ4n) is 1.27. The Labute approximate surface area is 92.0 Å². The van der Waals surface area contributed by atoms with E-state index in [0.29, 0.717) is 5.56 Å². The van der Waals surface area contributed by atoms with Crippen molar-refractivity contribution in [1.29, 1.82) is 0 Å². The number of nitrogens with zero attached hydrogens (tertiary/aromatic N) is 1. The van der Waals surface area contributed by atoms with Crippen LogP contribution in [0.3, 0.4) is 0 Å². The molecule has 1 rings (SSSR count). The van der Waals surface area contributed by atoms with E-state index in [-0.39, 0.29) is 11.4 Å². The third kappa shape index (κ3) is 2.47. The zero-order chi connectivity index (χ0) is 12.3. The van der Waals surface area contributed by atoms with E-state index in [1.54, 1.807) is 19.1 Å². The normalized spacial score (nSPS) is 11.9. The molecular formula is C10H12N2O4. The molecule has 0 aliphatic carbocycles. The van der Waals surface area contributed by atoms with Gasteiger partial charge in [0.25, 0.3) is 5.69 Å². The van der Waals surface area contributed by atoms with Gasteiger partial charge in [0.05, 0.1) is 4.92 Å². The van der Waals surface area contributed by atoms with Gasteiger partial charge < -0.3 is 10.4 Å². The number of aliphatic carboxylic acids is 1. The number of nitro benzene ring substituents is 1. The van der Waals surface area contributed by atoms with Gasteiger partial charge in [-0.1, -0.05) is 12.1 Å². The van der Waals surface area contributed by atoms with Crippen LogP contribution in [0.1, 0.15) is 12.5 Å². The van der Waals surface area contributed by atoms with E-state index in [4.69, 9.17) is 5.11 Å². The van der Waals surface area contributed by atoms with Crippen LogP contribution in [0.2, 0.25) is 0 Å². The lowest BCUT2D eigenvalue weighted by Gasteiger charge is -2.13. The third-order valence-corrected chi connectivity index (χ3v) is 2.18. The summed E-state index contributed by atoms with van der Waals surface area (Å²) in [7, 11) is 0. The SMILES string of the molecule is Cc1cccc([N+](=O)[O-])c1NC(C)C(=O)O. The van der Waals surface area contributed by atoms with E-state index in [1.165, 1.54) is 13.0 Å². The van der Waals surface area contributed by atoms with Crippen molar-refractivity contribution in [2.24, 2.45) is 0 Å². The van der Waals surface area contributed by atoms with Crippen LogP contribution in [0.25, 0.3) is 0 Å². The fourth-order valence-corrected chi connectivity index (χ4v) is 1.27. The molecule has 0 heterocycles. The first-order chi connectivity index (χ1) is 7.43. The average molecular weight is 224 g/mol. The number of hydrogen-bond donors (Lipinski definition) is 2. The summed E-state index contributed by atoms with van der Waals surface area (Å²) < 4.78 is 0. The minimum atomic E-state index is -1.06. The Morgan fingerprint density at radius 1 is 1.56 bits per heavy atom. The molecule has 86 valence electrons. The standard InChI is InChI=1S/C10H12N2O4/c1-6-4-3-5-8(12(15)16)9(6)11-7(2)10(13)14/h3-5,7,11H,1-2H3,(H,13,14). The molecule has 0 saturated heterocycles. The molecular weight excluding hydrogens is 212 g/mol. The first-order valence-corrected chi connectivity index (χ1v) is 4.67. The summed E-state index contributed by atoms with van der Waals surface area (Å²) >= 11 is 0. The van der Waals surface area contributed by atoms with E-state index in [2.05, 4.69) is 5.32 Å². The van der Waals surface area contributed by atoms with Crippen molar-refractivity contribution in [1.82, 2.24) is 0 Å². The molecule has 0 saturated carbocycles. The van der Waals surface area contributed by atoms with Gasteiger partial charge in [0.1, 0.15) is 11.7 Å². The molecule has 0 aromatic heterocycles. The smallest absolute Gasteiger partial charge is 0.325 e. The maximum absolute atomic E-state index is 10.7. The molecule has 1 aromatic rings. The largest absolute Gasteiger partial charge is 0.480 e. The molecule has 0 bridgehead atoms. The predicted molar refractivity (Wildman–Crippen MR) is 58.6 cm³/mol. The highest BCUT2D eigenvalue weighted by atomic mass is 16.6. The summed E-state index contributed by atoms with van der Waals surface area (Å²) in [4.78, 5) is 20.9. The first kappa shape index (κ1) is 12.0. The first-order valence-electron chi connectivity index (χ1n) is 4.67. The Bertz CT molecular complexity index is 431. The molecule has 2 N–H and O–H groups in total. The summed E-state index contributed by atoms with van der Waals surface area (Å²) in [5.41, 5.74) is 0.776. The number of hydrogen-bond acceptors (Lipinski definition) is 4. The van der Waals surface area contributed by atoms with Crippen molar-refractivity contribution in [2.75, 3.05) is 5.32 Å². The lowest BCUT2D eigenvalue weighted by atomic mass is 10.1. The Kier molecular flexibility index (Phi) is 3.44. The quantitative estimate of drug-likeness (QED) is 0.600. The second-order valence-corrected chi connectivity index (χ2v) is 3.43. The van der Waals surface area contributed by atoms with Crippen molar-refractivity contribution in [3.8, 4) is 0 Å². The summed E-state index contributed by atoms with van der Waals surface area (Å²) in [6, 6.07) is 3.71. The molecule has 1 aromatic carbocycles. The molecule has 0 amide bonds. The number of aryl methyl sites for hydroxylation is 1. The Morgan fingerprint density at radius 2 is 2.19 bits per heavy atom. The van der Waals surface area contributed by atoms with Crippen LogP contribution in [-0.4, -0.2) is 22.0 Å². The second kappa shape index (κ2) is 4.61. The Balaban J connectivity index is 3.11. The van der Waals surface area contributed by atoms with E-state index in [0.717, 1.165) is 0 Å². The predicted octanol–water partition coefficient (Wildman–Crippen LogP) is 1.79. The molecule has 0 radical (unpaired) electrons. The molecule has 0 fully saturated rings. The lowest BCUT2D eigenvalue weighted by molar-refractivity contribution is -0.384. The molecule has 1 unspecified atom stereocenters. The molecule has 0 aliphatic rings. The zero-order valence-corrected chi connectivity index (χ0v) is 8.93. The van der Waals surface area contributed by atoms with E-state index < -0.39 is 16.9 Å². The number of carboxylic acids is 1. The van der Waals surface area contributed by atoms with Gasteiger partial charge in [-0.15, -0.1) is 0 Å². The van der Waals surface area contributed by atoms with Crippen molar-refractivity contribution in [2.45, 2.75) is 19.9 Å². The van der Waals surface area contributed by atoms with Gasteiger partial charge in [0, 0.05) is 6.07 Å². The van der Waals surface area contributed by atoms with Crippen LogP contribution in [0, 0.1) is 17.0 Å². The highest BCUT2D eigenvalue weighted by Crippen LogP contribution is 2.28. The topological polar surface area (TPSA) is 92.5 Å². The second-order valence-electron chi connectivity index (χ2n) is 3.43. The average Bonchev–Trinajstić information content (AvgIpc) is 2.20. The van der Waals surface area contributed by atoms with E-state index in [1.807, 2.05) is 0 Å². The number of carbonyl (C=O) groups is 1. The van der Waals surface area contributed by atoms with Gasteiger partial charge in [0.15, 0.2) is 0 Å². The summed E-state index contributed by atoms with van der Waals surface area (Å²) in [6.07, 6.45) is 0. The highest BCUT2D eigenvalue weighted by molar-refractivity contribution is 5.79. The zero-order valence-electron chi connectivity index (χ0n) is 8.93. The van der Waals surface area contributed by atoms with Gasteiger partial charge in [-0.2, -0.15) is 0 Å². The summed E-state index contributed by atoms with van der Waals surface area (Å²) in [5, 5.41) is 22.1. The number of carboxylic acid groups (broad SMARTS) is 1. The van der Waals surface area contributed by atoms with Crippen molar-refractivity contribution in [3.05, 3.63) is 33.9 Å². The van der Waals surface area contributed by atoms with Gasteiger partial charge in [-0.25, -0.2) is 0 Å². The number of nitro groups is 1. The summed E-state index contributed by atoms with van der Waals surface area (Å²) in [5.74, 6) is -1.06. The van der Waals surface area contributed by atoms with E-state index in [9.17, 15) is 14.9 Å². The number of nitrogens with one attached hydrogen (secondary N) is 1. The third-order valence-electron chi connectivity index (χ3n) is 2.18.